The number of nitrogens with one attached hydrogen (secondary N) is 2. The molecule has 0 bridgehead atoms. The van der Waals surface area contributed by atoms with Crippen LogP contribution in [0.1, 0.15) is 25.3 Å². The molecule has 0 unspecified atom stereocenters. The number of rotatable bonds is 7. The van der Waals surface area contributed by atoms with Crippen LogP contribution in [0.4, 0.5) is 5.69 Å². The van der Waals surface area contributed by atoms with Gasteiger partial charge in [0.2, 0.25) is 11.8 Å². The van der Waals surface area contributed by atoms with Crippen molar-refractivity contribution in [1.29, 1.82) is 5.26 Å². The van der Waals surface area contributed by atoms with E-state index in [1.807, 2.05) is 31.2 Å². The second kappa shape index (κ2) is 7.45. The lowest BCUT2D eigenvalue weighted by molar-refractivity contribution is -0.124. The molecule has 2 amide bonds. The Kier molecular flexibility index (Phi) is 5.58. The summed E-state index contributed by atoms with van der Waals surface area (Å²) in [4.78, 5) is 25.7. The molecule has 2 N–H and O–H groups in total. The van der Waals surface area contributed by atoms with Crippen LogP contribution in [-0.2, 0) is 9.59 Å². The first kappa shape index (κ1) is 18.0. The second-order valence-corrected chi connectivity index (χ2v) is 6.72. The quantitative estimate of drug-likeness (QED) is 0.797. The Morgan fingerprint density at radius 3 is 2.38 bits per heavy atom. The molecule has 0 saturated heterocycles. The average molecular weight is 328 g/mol. The van der Waals surface area contributed by atoms with E-state index in [0.717, 1.165) is 24.1 Å². The van der Waals surface area contributed by atoms with E-state index in [1.165, 1.54) is 0 Å². The molecule has 6 heteroatoms. The number of carbonyl (C=O) groups excluding carboxylic acids is 2. The van der Waals surface area contributed by atoms with Crippen molar-refractivity contribution < 1.29 is 9.59 Å². The number of hydrogen-bond donors (Lipinski definition) is 2. The van der Waals surface area contributed by atoms with Crippen LogP contribution in [0, 0.1) is 24.2 Å². The van der Waals surface area contributed by atoms with E-state index in [9.17, 15) is 14.9 Å². The fourth-order valence-corrected chi connectivity index (χ4v) is 2.59. The molecule has 128 valence electrons. The third-order valence-electron chi connectivity index (χ3n) is 4.19. The summed E-state index contributed by atoms with van der Waals surface area (Å²) in [5, 5.41) is 14.9. The Bertz CT molecular complexity index is 646. The molecule has 0 heterocycles. The molecule has 1 saturated carbocycles. The van der Waals surface area contributed by atoms with E-state index < -0.39 is 5.54 Å². The topological polar surface area (TPSA) is 85.2 Å². The number of carbonyl (C=O) groups is 2. The van der Waals surface area contributed by atoms with Gasteiger partial charge in [0.25, 0.3) is 0 Å². The van der Waals surface area contributed by atoms with Gasteiger partial charge in [-0.1, -0.05) is 17.7 Å². The van der Waals surface area contributed by atoms with Gasteiger partial charge >= 0.3 is 0 Å². The third kappa shape index (κ3) is 5.07. The SMILES string of the molecule is Cc1ccc(NC(=O)CN(C)CC(=O)N[C@@](C)(C#N)C2CC2)cc1. The zero-order valence-corrected chi connectivity index (χ0v) is 14.4. The van der Waals surface area contributed by atoms with Crippen LogP contribution in [0.25, 0.3) is 0 Å². The maximum Gasteiger partial charge on any atom is 0.238 e. The minimum Gasteiger partial charge on any atom is -0.337 e. The van der Waals surface area contributed by atoms with Gasteiger partial charge in [0.05, 0.1) is 19.2 Å². The van der Waals surface area contributed by atoms with E-state index >= 15 is 0 Å². The Hall–Kier alpha value is -2.39. The van der Waals surface area contributed by atoms with Crippen LogP contribution in [0.15, 0.2) is 24.3 Å². The van der Waals surface area contributed by atoms with Gasteiger partial charge in [-0.3, -0.25) is 14.5 Å². The molecule has 24 heavy (non-hydrogen) atoms. The van der Waals surface area contributed by atoms with Crippen LogP contribution in [0.5, 0.6) is 0 Å². The smallest absolute Gasteiger partial charge is 0.238 e. The highest BCUT2D eigenvalue weighted by Gasteiger charge is 2.43. The third-order valence-corrected chi connectivity index (χ3v) is 4.19. The van der Waals surface area contributed by atoms with Gasteiger partial charge in [-0.2, -0.15) is 5.26 Å². The Morgan fingerprint density at radius 1 is 1.25 bits per heavy atom. The number of hydrogen-bond acceptors (Lipinski definition) is 4. The van der Waals surface area contributed by atoms with Crippen molar-refractivity contribution in [2.75, 3.05) is 25.5 Å². The summed E-state index contributed by atoms with van der Waals surface area (Å²) < 4.78 is 0. The van der Waals surface area contributed by atoms with Crippen LogP contribution in [-0.4, -0.2) is 42.4 Å². The lowest BCUT2D eigenvalue weighted by atomic mass is 9.98. The summed E-state index contributed by atoms with van der Waals surface area (Å²) in [6.07, 6.45) is 1.94. The number of aryl methyl sites for hydroxylation is 1. The van der Waals surface area contributed by atoms with Gasteiger partial charge < -0.3 is 10.6 Å². The largest absolute Gasteiger partial charge is 0.337 e. The van der Waals surface area contributed by atoms with Crippen LogP contribution in [0.3, 0.4) is 0 Å². The molecule has 2 rings (SSSR count). The summed E-state index contributed by atoms with van der Waals surface area (Å²) in [6.45, 7) is 3.92. The van der Waals surface area contributed by atoms with E-state index in [-0.39, 0.29) is 30.8 Å². The molecule has 0 spiro atoms. The van der Waals surface area contributed by atoms with Crippen molar-refractivity contribution in [1.82, 2.24) is 10.2 Å². The predicted molar refractivity (Wildman–Crippen MR) is 92.2 cm³/mol. The standard InChI is InChI=1S/C18H24N4O2/c1-13-4-8-15(9-5-13)20-16(23)10-22(3)11-17(24)21-18(2,12-19)14-6-7-14/h4-5,8-9,14H,6-7,10-11H2,1-3H3,(H,20,23)(H,21,24)/t18-/m0/s1. The first-order chi connectivity index (χ1) is 11.3. The zero-order chi connectivity index (χ0) is 17.7. The monoisotopic (exact) mass is 328 g/mol. The Morgan fingerprint density at radius 2 is 1.83 bits per heavy atom. The fourth-order valence-electron chi connectivity index (χ4n) is 2.59. The van der Waals surface area contributed by atoms with Gasteiger partial charge in [0.15, 0.2) is 0 Å². The van der Waals surface area contributed by atoms with E-state index in [0.29, 0.717) is 0 Å². The Balaban J connectivity index is 1.78. The zero-order valence-electron chi connectivity index (χ0n) is 14.4. The Labute approximate surface area is 142 Å². The summed E-state index contributed by atoms with van der Waals surface area (Å²) in [7, 11) is 1.70. The van der Waals surface area contributed by atoms with Crippen LogP contribution >= 0.6 is 0 Å². The minimum absolute atomic E-state index is 0.0747. The van der Waals surface area contributed by atoms with E-state index in [2.05, 4.69) is 16.7 Å². The summed E-state index contributed by atoms with van der Waals surface area (Å²) in [6, 6.07) is 9.72. The number of nitriles is 1. The maximum atomic E-state index is 12.1. The van der Waals surface area contributed by atoms with Gasteiger partial charge in [-0.25, -0.2) is 0 Å². The van der Waals surface area contributed by atoms with Crippen molar-refractivity contribution >= 4 is 17.5 Å². The molecule has 1 aromatic rings. The van der Waals surface area contributed by atoms with Crippen molar-refractivity contribution in [3.8, 4) is 6.07 Å². The first-order valence-corrected chi connectivity index (χ1v) is 8.10. The summed E-state index contributed by atoms with van der Waals surface area (Å²) in [5.41, 5.74) is 1.05. The van der Waals surface area contributed by atoms with E-state index in [1.54, 1.807) is 18.9 Å². The highest BCUT2D eigenvalue weighted by molar-refractivity contribution is 5.92. The van der Waals surface area contributed by atoms with Crippen molar-refractivity contribution in [2.45, 2.75) is 32.2 Å². The van der Waals surface area contributed by atoms with Crippen molar-refractivity contribution in [2.24, 2.45) is 5.92 Å². The normalized spacial score (nSPS) is 16.1. The maximum absolute atomic E-state index is 12.1. The number of amides is 2. The molecule has 0 aromatic heterocycles. The highest BCUT2D eigenvalue weighted by atomic mass is 16.2. The van der Waals surface area contributed by atoms with Crippen molar-refractivity contribution in [3.05, 3.63) is 29.8 Å². The number of anilines is 1. The fraction of sp³-hybridized carbons (Fsp3) is 0.500. The van der Waals surface area contributed by atoms with Gasteiger partial charge in [-0.15, -0.1) is 0 Å². The first-order valence-electron chi connectivity index (χ1n) is 8.10. The molecular formula is C18H24N4O2. The van der Waals surface area contributed by atoms with Crippen LogP contribution < -0.4 is 10.6 Å². The van der Waals surface area contributed by atoms with Crippen LogP contribution in [0.2, 0.25) is 0 Å². The highest BCUT2D eigenvalue weighted by Crippen LogP contribution is 2.39. The summed E-state index contributed by atoms with van der Waals surface area (Å²) >= 11 is 0. The minimum atomic E-state index is -0.803. The van der Waals surface area contributed by atoms with E-state index in [4.69, 9.17) is 0 Å². The molecule has 0 aliphatic heterocycles. The molecular weight excluding hydrogens is 304 g/mol. The molecule has 6 nitrogen and oxygen atoms in total. The molecule has 1 aliphatic rings. The second-order valence-electron chi connectivity index (χ2n) is 6.72. The molecule has 1 fully saturated rings. The summed E-state index contributed by atoms with van der Waals surface area (Å²) in [5.74, 6) is -0.183. The van der Waals surface area contributed by atoms with Gasteiger partial charge in [-0.05, 0) is 51.8 Å². The molecule has 0 radical (unpaired) electrons. The van der Waals surface area contributed by atoms with Gasteiger partial charge in [0, 0.05) is 5.69 Å². The average Bonchev–Trinajstić information content (AvgIpc) is 3.34. The molecule has 1 aromatic carbocycles. The number of nitrogens with zero attached hydrogens (tertiary/aromatic N) is 2. The van der Waals surface area contributed by atoms with Crippen molar-refractivity contribution in [3.63, 3.8) is 0 Å². The lowest BCUT2D eigenvalue weighted by Crippen LogP contribution is -2.50. The lowest BCUT2D eigenvalue weighted by Gasteiger charge is -2.24. The molecule has 1 aliphatic carbocycles. The molecule has 1 atom stereocenters. The number of benzene rings is 1. The number of likely N-dealkylation sites (N-methyl/N-ethyl adjacent to an activating group) is 1. The van der Waals surface area contributed by atoms with Gasteiger partial charge in [0.1, 0.15) is 5.54 Å². The predicted octanol–water partition coefficient (Wildman–Crippen LogP) is 1.67.